The van der Waals surface area contributed by atoms with Gasteiger partial charge in [-0.15, -0.1) is 0 Å². The van der Waals surface area contributed by atoms with Gasteiger partial charge < -0.3 is 29.8 Å². The van der Waals surface area contributed by atoms with Crippen molar-refractivity contribution in [3.63, 3.8) is 0 Å². The van der Waals surface area contributed by atoms with E-state index in [4.69, 9.17) is 29.8 Å². The Morgan fingerprint density at radius 3 is 1.70 bits per heavy atom. The maximum atomic E-state index is 11.4. The predicted molar refractivity (Wildman–Crippen MR) is 63.9 cm³/mol. The summed E-state index contributed by atoms with van der Waals surface area (Å²) in [6.45, 7) is 1.02. The smallest absolute Gasteiger partial charge is 0.357 e. The topological polar surface area (TPSA) is 202 Å². The number of carbonyl (C=O) groups is 2. The average Bonchev–Trinajstić information content (AvgIpc) is 2.19. The third-order valence-corrected chi connectivity index (χ3v) is 6.92. The van der Waals surface area contributed by atoms with Crippen LogP contribution in [-0.4, -0.2) is 52.8 Å². The molecule has 0 saturated heterocycles. The second kappa shape index (κ2) is 6.31. The average molecular weight is 335 g/mol. The molecule has 0 aromatic heterocycles. The highest BCUT2D eigenvalue weighted by Gasteiger charge is 2.60. The molecule has 0 rings (SSSR count). The summed E-state index contributed by atoms with van der Waals surface area (Å²) in [4.78, 5) is 57.9. The van der Waals surface area contributed by atoms with Gasteiger partial charge in [-0.3, -0.25) is 24.0 Å². The molecule has 20 heavy (non-hydrogen) atoms. The van der Waals surface area contributed by atoms with Gasteiger partial charge in [0.2, 0.25) is 5.02 Å². The Bertz CT molecular complexity index is 456. The predicted octanol–water partition coefficient (Wildman–Crippen LogP) is -1.08. The lowest BCUT2D eigenvalue weighted by atomic mass is 10.2. The maximum absolute atomic E-state index is 11.4. The molecular weight excluding hydrogens is 320 g/mol. The number of nitrogens with one attached hydrogen (secondary N) is 1. The zero-order valence-electron chi connectivity index (χ0n) is 10.2. The van der Waals surface area contributed by atoms with Crippen LogP contribution in [0.5, 0.6) is 0 Å². The minimum Gasteiger partial charge on any atom is -0.481 e. The molecule has 0 radical (unpaired) electrons. The van der Waals surface area contributed by atoms with Crippen LogP contribution in [0.1, 0.15) is 19.8 Å². The highest BCUT2D eigenvalue weighted by Crippen LogP contribution is 2.69. The number of carboxylic acids is 2. The van der Waals surface area contributed by atoms with Crippen molar-refractivity contribution >= 4 is 27.1 Å². The molecule has 1 atom stereocenters. The number of hydrogen-bond acceptors (Lipinski definition) is 5. The second-order valence-electron chi connectivity index (χ2n) is 3.89. The molecule has 0 aliphatic heterocycles. The van der Waals surface area contributed by atoms with Crippen LogP contribution in [0, 0.1) is 0 Å². The summed E-state index contributed by atoms with van der Waals surface area (Å²) >= 11 is 0. The van der Waals surface area contributed by atoms with Crippen molar-refractivity contribution in [1.29, 1.82) is 0 Å². The van der Waals surface area contributed by atoms with Gasteiger partial charge in [-0.05, 0) is 6.42 Å². The van der Waals surface area contributed by atoms with E-state index < -0.39 is 51.0 Å². The van der Waals surface area contributed by atoms with Crippen LogP contribution in [0.25, 0.3) is 0 Å². The largest absolute Gasteiger partial charge is 0.481 e. The molecule has 0 fully saturated rings. The SMILES string of the molecule is CCC(NC(CC(=O)O)C(=O)O)(P(=O)(O)O)P(=O)(O)O. The fraction of sp³-hybridized carbons (Fsp3) is 0.714. The van der Waals surface area contributed by atoms with Crippen LogP contribution in [0.4, 0.5) is 0 Å². The first kappa shape index (κ1) is 19.2. The number of aliphatic carboxylic acids is 2. The van der Waals surface area contributed by atoms with Crippen molar-refractivity contribution in [2.75, 3.05) is 0 Å². The summed E-state index contributed by atoms with van der Waals surface area (Å²) in [5.74, 6) is -3.43. The van der Waals surface area contributed by atoms with Crippen molar-refractivity contribution in [2.45, 2.75) is 30.8 Å². The molecule has 0 aromatic rings. The summed E-state index contributed by atoms with van der Waals surface area (Å²) in [5, 5.41) is 15.8. The number of rotatable bonds is 8. The molecule has 7 N–H and O–H groups in total. The molecule has 11 nitrogen and oxygen atoms in total. The molecule has 0 aliphatic rings. The zero-order chi connectivity index (χ0) is 16.4. The number of carboxylic acid groups (broad SMARTS) is 2. The summed E-state index contributed by atoms with van der Waals surface area (Å²) in [6, 6.07) is -2.08. The third kappa shape index (κ3) is 4.10. The molecule has 1 unspecified atom stereocenters. The van der Waals surface area contributed by atoms with Crippen molar-refractivity contribution in [1.82, 2.24) is 5.32 Å². The molecular formula is C7H15NO10P2. The van der Waals surface area contributed by atoms with Gasteiger partial charge in [0.1, 0.15) is 6.04 Å². The Labute approximate surface area is 112 Å². The van der Waals surface area contributed by atoms with Gasteiger partial charge in [-0.1, -0.05) is 6.92 Å². The van der Waals surface area contributed by atoms with Crippen LogP contribution < -0.4 is 5.32 Å². The molecule has 118 valence electrons. The lowest BCUT2D eigenvalue weighted by Crippen LogP contribution is -2.53. The molecule has 0 spiro atoms. The first-order chi connectivity index (χ1) is 8.78. The minimum absolute atomic E-state index is 0.815. The van der Waals surface area contributed by atoms with Crippen molar-refractivity contribution in [3.8, 4) is 0 Å². The quantitative estimate of drug-likeness (QED) is 0.266. The molecule has 0 amide bonds. The van der Waals surface area contributed by atoms with Gasteiger partial charge in [0.05, 0.1) is 6.42 Å². The highest BCUT2D eigenvalue weighted by atomic mass is 31.2. The maximum Gasteiger partial charge on any atom is 0.357 e. The van der Waals surface area contributed by atoms with Gasteiger partial charge in [-0.2, -0.15) is 0 Å². The van der Waals surface area contributed by atoms with E-state index in [0.717, 1.165) is 6.92 Å². The van der Waals surface area contributed by atoms with E-state index in [2.05, 4.69) is 0 Å². The Morgan fingerprint density at radius 1 is 1.10 bits per heavy atom. The fourth-order valence-electron chi connectivity index (χ4n) is 1.51. The summed E-state index contributed by atoms with van der Waals surface area (Å²) in [6.07, 6.45) is -1.93. The van der Waals surface area contributed by atoms with Crippen molar-refractivity contribution in [2.24, 2.45) is 0 Å². The molecule has 0 bridgehead atoms. The first-order valence-electron chi connectivity index (χ1n) is 5.12. The summed E-state index contributed by atoms with van der Waals surface area (Å²) < 4.78 is 22.7. The Hall–Kier alpha value is -0.800. The van der Waals surface area contributed by atoms with Crippen molar-refractivity contribution < 1.29 is 48.5 Å². The highest BCUT2D eigenvalue weighted by molar-refractivity contribution is 7.72. The third-order valence-electron chi connectivity index (χ3n) is 2.54. The zero-order valence-corrected chi connectivity index (χ0v) is 12.0. The Kier molecular flexibility index (Phi) is 6.06. The van der Waals surface area contributed by atoms with E-state index in [9.17, 15) is 18.7 Å². The molecule has 13 heteroatoms. The van der Waals surface area contributed by atoms with Crippen LogP contribution in [0.15, 0.2) is 0 Å². The lowest BCUT2D eigenvalue weighted by molar-refractivity contribution is -0.146. The van der Waals surface area contributed by atoms with E-state index in [0.29, 0.717) is 0 Å². The fourth-order valence-corrected chi connectivity index (χ4v) is 4.34. The molecule has 0 aromatic carbocycles. The first-order valence-corrected chi connectivity index (χ1v) is 8.34. The molecule has 0 heterocycles. The Morgan fingerprint density at radius 2 is 1.50 bits per heavy atom. The lowest BCUT2D eigenvalue weighted by Gasteiger charge is -2.36. The second-order valence-corrected chi connectivity index (χ2v) is 7.95. The summed E-state index contributed by atoms with van der Waals surface area (Å²) in [5.41, 5.74) is 0. The van der Waals surface area contributed by atoms with E-state index in [1.807, 2.05) is 0 Å². The standard InChI is InChI=1S/C7H15NO10P2/c1-2-7(19(13,14)15,20(16,17)18)8-4(6(11)12)3-5(9)10/h4,8H,2-3H2,1H3,(H,9,10)(H,11,12)(H2,13,14,15)(H2,16,17,18). The minimum atomic E-state index is -5.50. The normalized spacial score (nSPS) is 14.8. The number of hydrogen-bond donors (Lipinski definition) is 7. The van der Waals surface area contributed by atoms with Crippen LogP contribution >= 0.6 is 15.2 Å². The van der Waals surface area contributed by atoms with Gasteiger partial charge >= 0.3 is 27.1 Å². The molecule has 0 saturated carbocycles. The van der Waals surface area contributed by atoms with Gasteiger partial charge in [-0.25, -0.2) is 0 Å². The van der Waals surface area contributed by atoms with E-state index >= 15 is 0 Å². The van der Waals surface area contributed by atoms with E-state index in [1.165, 1.54) is 0 Å². The van der Waals surface area contributed by atoms with Crippen LogP contribution in [-0.2, 0) is 18.7 Å². The molecule has 0 aliphatic carbocycles. The Balaban J connectivity index is 5.80. The van der Waals surface area contributed by atoms with Gasteiger partial charge in [0.25, 0.3) is 0 Å². The van der Waals surface area contributed by atoms with Gasteiger partial charge in [0.15, 0.2) is 0 Å². The van der Waals surface area contributed by atoms with Crippen LogP contribution in [0.3, 0.4) is 0 Å². The van der Waals surface area contributed by atoms with E-state index in [1.54, 1.807) is 5.32 Å². The van der Waals surface area contributed by atoms with Crippen molar-refractivity contribution in [3.05, 3.63) is 0 Å². The van der Waals surface area contributed by atoms with E-state index in [-0.39, 0.29) is 0 Å². The van der Waals surface area contributed by atoms with Crippen LogP contribution in [0.2, 0.25) is 0 Å². The van der Waals surface area contributed by atoms with Gasteiger partial charge in [0, 0.05) is 0 Å². The monoisotopic (exact) mass is 335 g/mol. The summed E-state index contributed by atoms with van der Waals surface area (Å²) in [7, 11) is -11.0.